The van der Waals surface area contributed by atoms with Crippen LogP contribution in [0.25, 0.3) is 0 Å². The average molecular weight is 569 g/mol. The number of carbonyl (C=O) groups excluding carboxylic acids is 1. The SMILES string of the molecule is CSCC[C@@H](NC(=O)c1cc(NC[C@@H]2C[C@H](S)CN2)ccc1CCc1ccc(F)cc1)C(O)c1ccccn1. The fourth-order valence-corrected chi connectivity index (χ4v) is 5.65. The Hall–Kier alpha value is -2.59. The number of pyridine rings is 1. The molecule has 6 nitrogen and oxygen atoms in total. The van der Waals surface area contributed by atoms with Gasteiger partial charge >= 0.3 is 0 Å². The van der Waals surface area contributed by atoms with E-state index < -0.39 is 12.1 Å². The molecule has 0 saturated carbocycles. The maximum Gasteiger partial charge on any atom is 0.251 e. The highest BCUT2D eigenvalue weighted by atomic mass is 32.2. The number of aliphatic hydroxyl groups is 1. The normalized spacial score (nSPS) is 18.5. The summed E-state index contributed by atoms with van der Waals surface area (Å²) in [6.45, 7) is 1.63. The molecule has 0 aliphatic carbocycles. The van der Waals surface area contributed by atoms with Gasteiger partial charge < -0.3 is 21.1 Å². The molecule has 1 unspecified atom stereocenters. The molecule has 39 heavy (non-hydrogen) atoms. The number of thiol groups is 1. The van der Waals surface area contributed by atoms with Crippen molar-refractivity contribution in [2.24, 2.45) is 0 Å². The van der Waals surface area contributed by atoms with Gasteiger partial charge in [0.25, 0.3) is 5.91 Å². The summed E-state index contributed by atoms with van der Waals surface area (Å²) >= 11 is 6.22. The maximum atomic E-state index is 13.7. The van der Waals surface area contributed by atoms with Gasteiger partial charge in [-0.1, -0.05) is 24.3 Å². The van der Waals surface area contributed by atoms with Gasteiger partial charge in [0.05, 0.1) is 11.7 Å². The van der Waals surface area contributed by atoms with Crippen molar-refractivity contribution in [1.82, 2.24) is 15.6 Å². The molecule has 9 heteroatoms. The second-order valence-corrected chi connectivity index (χ2v) is 11.7. The molecule has 208 valence electrons. The predicted octanol–water partition coefficient (Wildman–Crippen LogP) is 4.66. The molecule has 4 N–H and O–H groups in total. The van der Waals surface area contributed by atoms with Gasteiger partial charge in [-0.3, -0.25) is 9.78 Å². The highest BCUT2D eigenvalue weighted by Crippen LogP contribution is 2.23. The lowest BCUT2D eigenvalue weighted by molar-refractivity contribution is 0.0820. The largest absolute Gasteiger partial charge is 0.385 e. The third-order valence-corrected chi connectivity index (χ3v) is 8.06. The number of halogens is 1. The number of anilines is 1. The fourth-order valence-electron chi connectivity index (χ4n) is 4.80. The molecule has 0 radical (unpaired) electrons. The van der Waals surface area contributed by atoms with Gasteiger partial charge in [0.15, 0.2) is 0 Å². The molecule has 1 amide bonds. The van der Waals surface area contributed by atoms with E-state index in [0.29, 0.717) is 41.8 Å². The topological polar surface area (TPSA) is 86.3 Å². The van der Waals surface area contributed by atoms with Crippen LogP contribution in [0.2, 0.25) is 0 Å². The molecular formula is C30H37FN4O2S2. The Kier molecular flexibility index (Phi) is 11.1. The number of carbonyl (C=O) groups is 1. The quantitative estimate of drug-likeness (QED) is 0.193. The van der Waals surface area contributed by atoms with Crippen molar-refractivity contribution in [3.8, 4) is 0 Å². The standard InChI is InChI=1S/C30H37FN4O2S2/c1-39-15-13-28(29(36)27-4-2-3-14-32-27)35-30(37)26-17-23(33-18-24-16-25(38)19-34-24)12-9-21(26)8-5-20-6-10-22(31)11-7-20/h2-4,6-7,9-12,14,17,24-25,28-29,33-34,36,38H,5,8,13,15-16,18-19H2,1H3,(H,35,37)/t24-,25-,28+,29?/m0/s1. The molecule has 4 atom stereocenters. The van der Waals surface area contributed by atoms with E-state index in [1.54, 1.807) is 42.2 Å². The van der Waals surface area contributed by atoms with Gasteiger partial charge in [0.2, 0.25) is 0 Å². The molecular weight excluding hydrogens is 531 g/mol. The Labute approximate surface area is 240 Å². The minimum absolute atomic E-state index is 0.233. The highest BCUT2D eigenvalue weighted by Gasteiger charge is 2.25. The lowest BCUT2D eigenvalue weighted by Crippen LogP contribution is -2.40. The second kappa shape index (κ2) is 14.7. The van der Waals surface area contributed by atoms with Crippen molar-refractivity contribution < 1.29 is 14.3 Å². The van der Waals surface area contributed by atoms with Crippen LogP contribution in [0.4, 0.5) is 10.1 Å². The predicted molar refractivity (Wildman–Crippen MR) is 161 cm³/mol. The summed E-state index contributed by atoms with van der Waals surface area (Å²) in [6, 6.07) is 17.6. The number of rotatable bonds is 13. The zero-order chi connectivity index (χ0) is 27.6. The van der Waals surface area contributed by atoms with E-state index in [0.717, 1.165) is 42.1 Å². The molecule has 1 saturated heterocycles. The summed E-state index contributed by atoms with van der Waals surface area (Å²) in [4.78, 5) is 18.0. The second-order valence-electron chi connectivity index (χ2n) is 9.93. The summed E-state index contributed by atoms with van der Waals surface area (Å²) in [7, 11) is 0. The number of amides is 1. The number of hydrogen-bond donors (Lipinski definition) is 5. The van der Waals surface area contributed by atoms with Crippen LogP contribution in [0.5, 0.6) is 0 Å². The van der Waals surface area contributed by atoms with E-state index >= 15 is 0 Å². The lowest BCUT2D eigenvalue weighted by Gasteiger charge is -2.24. The molecule has 1 aromatic heterocycles. The molecule has 0 bridgehead atoms. The van der Waals surface area contributed by atoms with E-state index in [2.05, 4.69) is 33.6 Å². The van der Waals surface area contributed by atoms with Crippen molar-refractivity contribution in [3.63, 3.8) is 0 Å². The van der Waals surface area contributed by atoms with Gasteiger partial charge in [0, 0.05) is 41.8 Å². The summed E-state index contributed by atoms with van der Waals surface area (Å²) in [5.74, 6) is 0.287. The molecule has 2 aromatic carbocycles. The zero-order valence-corrected chi connectivity index (χ0v) is 23.9. The number of aryl methyl sites for hydroxylation is 2. The number of benzene rings is 2. The molecule has 2 heterocycles. The maximum absolute atomic E-state index is 13.7. The summed E-state index contributed by atoms with van der Waals surface area (Å²) in [5.41, 5.74) is 3.86. The number of nitrogens with zero attached hydrogens (tertiary/aromatic N) is 1. The Bertz CT molecular complexity index is 1200. The Morgan fingerprint density at radius 3 is 2.72 bits per heavy atom. The Morgan fingerprint density at radius 2 is 2.03 bits per heavy atom. The van der Waals surface area contributed by atoms with Crippen LogP contribution in [-0.2, 0) is 12.8 Å². The zero-order valence-electron chi connectivity index (χ0n) is 22.1. The smallest absolute Gasteiger partial charge is 0.251 e. The highest BCUT2D eigenvalue weighted by molar-refractivity contribution is 7.98. The first-order valence-electron chi connectivity index (χ1n) is 13.3. The van der Waals surface area contributed by atoms with Crippen molar-refractivity contribution in [3.05, 3.63) is 95.1 Å². The first kappa shape index (κ1) is 29.4. The number of thioether (sulfide) groups is 1. The van der Waals surface area contributed by atoms with Gasteiger partial charge in [-0.25, -0.2) is 4.39 Å². The monoisotopic (exact) mass is 568 g/mol. The molecule has 4 rings (SSSR count). The average Bonchev–Trinajstić information content (AvgIpc) is 3.38. The molecule has 1 aliphatic heterocycles. The number of aromatic nitrogens is 1. The van der Waals surface area contributed by atoms with E-state index in [-0.39, 0.29) is 11.7 Å². The Morgan fingerprint density at radius 1 is 1.21 bits per heavy atom. The summed E-state index contributed by atoms with van der Waals surface area (Å²) in [5, 5.41) is 21.5. The van der Waals surface area contributed by atoms with Gasteiger partial charge in [-0.15, -0.1) is 0 Å². The minimum atomic E-state index is -0.922. The van der Waals surface area contributed by atoms with Gasteiger partial charge in [-0.05, 0) is 85.2 Å². The van der Waals surface area contributed by atoms with Crippen LogP contribution < -0.4 is 16.0 Å². The summed E-state index contributed by atoms with van der Waals surface area (Å²) < 4.78 is 13.4. The van der Waals surface area contributed by atoms with Crippen molar-refractivity contribution in [1.29, 1.82) is 0 Å². The first-order valence-corrected chi connectivity index (χ1v) is 15.3. The molecule has 1 aliphatic rings. The van der Waals surface area contributed by atoms with Crippen molar-refractivity contribution >= 4 is 36.0 Å². The lowest BCUT2D eigenvalue weighted by atomic mass is 9.97. The van der Waals surface area contributed by atoms with E-state index in [1.807, 2.05) is 30.5 Å². The van der Waals surface area contributed by atoms with Crippen molar-refractivity contribution in [2.75, 3.05) is 30.4 Å². The van der Waals surface area contributed by atoms with Crippen LogP contribution in [0.3, 0.4) is 0 Å². The molecule has 1 fully saturated rings. The number of hydrogen-bond acceptors (Lipinski definition) is 7. The van der Waals surface area contributed by atoms with E-state index in [9.17, 15) is 14.3 Å². The van der Waals surface area contributed by atoms with Crippen LogP contribution in [0.1, 0.15) is 46.1 Å². The fraction of sp³-hybridized carbons (Fsp3) is 0.400. The van der Waals surface area contributed by atoms with Gasteiger partial charge in [0.1, 0.15) is 11.9 Å². The van der Waals surface area contributed by atoms with E-state index in [4.69, 9.17) is 0 Å². The van der Waals surface area contributed by atoms with Gasteiger partial charge in [-0.2, -0.15) is 24.4 Å². The number of aliphatic hydroxyl groups excluding tert-OH is 1. The van der Waals surface area contributed by atoms with Crippen molar-refractivity contribution in [2.45, 2.75) is 49.1 Å². The first-order chi connectivity index (χ1) is 18.9. The third-order valence-electron chi connectivity index (χ3n) is 7.02. The van der Waals surface area contributed by atoms with Crippen LogP contribution in [0.15, 0.2) is 66.9 Å². The van der Waals surface area contributed by atoms with Crippen LogP contribution in [0, 0.1) is 5.82 Å². The molecule has 0 spiro atoms. The minimum Gasteiger partial charge on any atom is -0.385 e. The number of nitrogens with one attached hydrogen (secondary N) is 3. The molecule has 3 aromatic rings. The summed E-state index contributed by atoms with van der Waals surface area (Å²) in [6.07, 6.45) is 5.61. The van der Waals surface area contributed by atoms with Crippen LogP contribution >= 0.6 is 24.4 Å². The Balaban J connectivity index is 1.54. The third kappa shape index (κ3) is 8.70. The van der Waals surface area contributed by atoms with Crippen LogP contribution in [-0.4, -0.2) is 58.4 Å². The van der Waals surface area contributed by atoms with E-state index in [1.165, 1.54) is 12.1 Å².